The van der Waals surface area contributed by atoms with E-state index in [0.29, 0.717) is 38.2 Å². The van der Waals surface area contributed by atoms with Gasteiger partial charge in [0.15, 0.2) is 0 Å². The van der Waals surface area contributed by atoms with Gasteiger partial charge < -0.3 is 20.0 Å². The highest BCUT2D eigenvalue weighted by atomic mass is 16.2. The van der Waals surface area contributed by atoms with Crippen LogP contribution < -0.4 is 5.32 Å². The summed E-state index contributed by atoms with van der Waals surface area (Å²) in [6, 6.07) is 12.9. The summed E-state index contributed by atoms with van der Waals surface area (Å²) in [4.78, 5) is 50.0. The van der Waals surface area contributed by atoms with E-state index in [-0.39, 0.29) is 29.7 Å². The molecule has 8 heteroatoms. The Morgan fingerprint density at radius 3 is 2.49 bits per heavy atom. The standard InChI is InChI=1S/C27H33N5O3/c33-25(21-8-9-21)31(14-10-20-5-2-1-3-6-20)23-17-24(27(35)30-15-12-28-13-16-30)32(19-23)26(34)22-7-4-11-29-18-22/h1-7,11,18,21,23-24,28H,8-10,12-17,19H2. The van der Waals surface area contributed by atoms with Crippen molar-refractivity contribution in [3.63, 3.8) is 0 Å². The highest BCUT2D eigenvalue weighted by Gasteiger charge is 2.46. The Hall–Kier alpha value is -3.26. The van der Waals surface area contributed by atoms with E-state index >= 15 is 0 Å². The number of nitrogens with one attached hydrogen (secondary N) is 1. The molecule has 2 atom stereocenters. The molecule has 2 unspecified atom stereocenters. The topological polar surface area (TPSA) is 85.9 Å². The maximum atomic E-state index is 13.6. The molecule has 1 aromatic heterocycles. The second kappa shape index (κ2) is 10.6. The molecule has 35 heavy (non-hydrogen) atoms. The van der Waals surface area contributed by atoms with Gasteiger partial charge in [-0.3, -0.25) is 19.4 Å². The summed E-state index contributed by atoms with van der Waals surface area (Å²) in [5, 5.41) is 3.28. The van der Waals surface area contributed by atoms with Gasteiger partial charge in [-0.15, -0.1) is 0 Å². The average molecular weight is 476 g/mol. The number of hydrogen-bond donors (Lipinski definition) is 1. The zero-order valence-corrected chi connectivity index (χ0v) is 20.0. The molecular formula is C27H33N5O3. The Bertz CT molecular complexity index is 1040. The van der Waals surface area contributed by atoms with Crippen molar-refractivity contribution in [2.45, 2.75) is 37.8 Å². The third kappa shape index (κ3) is 5.37. The Labute approximate surface area is 206 Å². The van der Waals surface area contributed by atoms with E-state index in [0.717, 1.165) is 32.4 Å². The van der Waals surface area contributed by atoms with Crippen LogP contribution >= 0.6 is 0 Å². The van der Waals surface area contributed by atoms with Gasteiger partial charge in [-0.1, -0.05) is 30.3 Å². The number of benzene rings is 1. The van der Waals surface area contributed by atoms with Gasteiger partial charge in [0.25, 0.3) is 5.91 Å². The fraction of sp³-hybridized carbons (Fsp3) is 0.481. The molecule has 184 valence electrons. The largest absolute Gasteiger partial charge is 0.338 e. The predicted octanol–water partition coefficient (Wildman–Crippen LogP) is 1.58. The molecule has 0 radical (unpaired) electrons. The van der Waals surface area contributed by atoms with E-state index in [1.54, 1.807) is 29.4 Å². The first kappa shape index (κ1) is 23.5. The van der Waals surface area contributed by atoms with Crippen LogP contribution in [0.1, 0.15) is 35.2 Å². The van der Waals surface area contributed by atoms with Gasteiger partial charge in [0, 0.05) is 57.6 Å². The molecule has 3 aliphatic rings. The number of likely N-dealkylation sites (tertiary alicyclic amines) is 1. The van der Waals surface area contributed by atoms with Gasteiger partial charge in [0.1, 0.15) is 6.04 Å². The minimum Gasteiger partial charge on any atom is -0.338 e. The van der Waals surface area contributed by atoms with Gasteiger partial charge in [0.2, 0.25) is 11.8 Å². The highest BCUT2D eigenvalue weighted by molar-refractivity contribution is 5.98. The molecule has 5 rings (SSSR count). The molecule has 1 N–H and O–H groups in total. The van der Waals surface area contributed by atoms with Crippen LogP contribution in [-0.4, -0.2) is 88.8 Å². The monoisotopic (exact) mass is 475 g/mol. The van der Waals surface area contributed by atoms with Crippen molar-refractivity contribution < 1.29 is 14.4 Å². The van der Waals surface area contributed by atoms with Crippen LogP contribution in [0.15, 0.2) is 54.9 Å². The normalized spacial score (nSPS) is 22.2. The molecule has 3 fully saturated rings. The van der Waals surface area contributed by atoms with Crippen molar-refractivity contribution in [1.29, 1.82) is 0 Å². The Balaban J connectivity index is 1.39. The molecule has 0 spiro atoms. The van der Waals surface area contributed by atoms with Crippen LogP contribution in [0.3, 0.4) is 0 Å². The summed E-state index contributed by atoms with van der Waals surface area (Å²) in [6.45, 7) is 3.72. The maximum absolute atomic E-state index is 13.6. The molecule has 2 aliphatic heterocycles. The van der Waals surface area contributed by atoms with Crippen molar-refractivity contribution in [3.8, 4) is 0 Å². The average Bonchev–Trinajstić information content (AvgIpc) is 3.68. The van der Waals surface area contributed by atoms with Crippen molar-refractivity contribution in [3.05, 3.63) is 66.0 Å². The lowest BCUT2D eigenvalue weighted by Gasteiger charge is -2.32. The van der Waals surface area contributed by atoms with Gasteiger partial charge >= 0.3 is 0 Å². The van der Waals surface area contributed by atoms with E-state index in [1.165, 1.54) is 5.56 Å². The SMILES string of the molecule is O=C(C1CC(N(CCc2ccccc2)C(=O)C2CC2)CN1C(=O)c1cccnc1)N1CCNCC1. The van der Waals surface area contributed by atoms with Gasteiger partial charge in [-0.2, -0.15) is 0 Å². The molecule has 2 saturated heterocycles. The molecule has 1 aromatic carbocycles. The fourth-order valence-corrected chi connectivity index (χ4v) is 5.18. The maximum Gasteiger partial charge on any atom is 0.256 e. The summed E-state index contributed by atoms with van der Waals surface area (Å²) in [5.41, 5.74) is 1.64. The zero-order chi connectivity index (χ0) is 24.2. The van der Waals surface area contributed by atoms with Crippen molar-refractivity contribution in [2.75, 3.05) is 39.3 Å². The predicted molar refractivity (Wildman–Crippen MR) is 131 cm³/mol. The van der Waals surface area contributed by atoms with E-state index in [2.05, 4.69) is 22.4 Å². The summed E-state index contributed by atoms with van der Waals surface area (Å²) >= 11 is 0. The van der Waals surface area contributed by atoms with Crippen molar-refractivity contribution in [1.82, 2.24) is 25.0 Å². The molecule has 0 bridgehead atoms. The Morgan fingerprint density at radius 2 is 1.80 bits per heavy atom. The lowest BCUT2D eigenvalue weighted by molar-refractivity contribution is -0.137. The van der Waals surface area contributed by atoms with Crippen LogP contribution in [0.2, 0.25) is 0 Å². The zero-order valence-electron chi connectivity index (χ0n) is 20.0. The number of pyridine rings is 1. The van der Waals surface area contributed by atoms with E-state index in [4.69, 9.17) is 0 Å². The molecule has 8 nitrogen and oxygen atoms in total. The minimum atomic E-state index is -0.572. The molecular weight excluding hydrogens is 442 g/mol. The van der Waals surface area contributed by atoms with E-state index < -0.39 is 6.04 Å². The van der Waals surface area contributed by atoms with Gasteiger partial charge in [-0.25, -0.2) is 0 Å². The smallest absolute Gasteiger partial charge is 0.256 e. The summed E-state index contributed by atoms with van der Waals surface area (Å²) in [6.07, 6.45) is 6.26. The lowest BCUT2D eigenvalue weighted by atomic mass is 10.1. The quantitative estimate of drug-likeness (QED) is 0.657. The van der Waals surface area contributed by atoms with Crippen LogP contribution in [0, 0.1) is 5.92 Å². The Kier molecular flexibility index (Phi) is 7.08. The summed E-state index contributed by atoms with van der Waals surface area (Å²) in [5.74, 6) is 0.0234. The van der Waals surface area contributed by atoms with Gasteiger partial charge in [0.05, 0.1) is 11.6 Å². The number of amides is 3. The fourth-order valence-electron chi connectivity index (χ4n) is 5.18. The third-order valence-corrected chi connectivity index (χ3v) is 7.30. The van der Waals surface area contributed by atoms with Crippen molar-refractivity contribution in [2.24, 2.45) is 5.92 Å². The first-order valence-electron chi connectivity index (χ1n) is 12.7. The summed E-state index contributed by atoms with van der Waals surface area (Å²) < 4.78 is 0. The molecule has 1 aliphatic carbocycles. The second-order valence-electron chi connectivity index (χ2n) is 9.72. The number of hydrogen-bond acceptors (Lipinski definition) is 5. The van der Waals surface area contributed by atoms with Crippen LogP contribution in [0.4, 0.5) is 0 Å². The highest BCUT2D eigenvalue weighted by Crippen LogP contribution is 2.34. The van der Waals surface area contributed by atoms with Crippen LogP contribution in [0.5, 0.6) is 0 Å². The number of aromatic nitrogens is 1. The number of piperazine rings is 1. The van der Waals surface area contributed by atoms with E-state index in [1.807, 2.05) is 28.0 Å². The molecule has 2 aromatic rings. The lowest BCUT2D eigenvalue weighted by Crippen LogP contribution is -2.53. The van der Waals surface area contributed by atoms with Crippen LogP contribution in [-0.2, 0) is 16.0 Å². The number of nitrogens with zero attached hydrogens (tertiary/aromatic N) is 4. The van der Waals surface area contributed by atoms with Crippen LogP contribution in [0.25, 0.3) is 0 Å². The first-order chi connectivity index (χ1) is 17.1. The Morgan fingerprint density at radius 1 is 1.03 bits per heavy atom. The number of rotatable bonds is 7. The summed E-state index contributed by atoms with van der Waals surface area (Å²) in [7, 11) is 0. The van der Waals surface area contributed by atoms with E-state index in [9.17, 15) is 14.4 Å². The first-order valence-corrected chi connectivity index (χ1v) is 12.7. The molecule has 1 saturated carbocycles. The minimum absolute atomic E-state index is 0.0203. The molecule has 3 heterocycles. The number of carbonyl (C=O) groups excluding carboxylic acids is 3. The van der Waals surface area contributed by atoms with Crippen molar-refractivity contribution >= 4 is 17.7 Å². The third-order valence-electron chi connectivity index (χ3n) is 7.30. The molecule has 3 amide bonds. The van der Waals surface area contributed by atoms with Gasteiger partial charge in [-0.05, 0) is 43.4 Å². The number of carbonyl (C=O) groups is 3. The second-order valence-corrected chi connectivity index (χ2v) is 9.72.